The average Bonchev–Trinajstić information content (AvgIpc) is 2.05. The van der Waals surface area contributed by atoms with E-state index >= 15 is 0 Å². The summed E-state index contributed by atoms with van der Waals surface area (Å²) in [4.78, 5) is 4.29. The van der Waals surface area contributed by atoms with Crippen molar-refractivity contribution in [1.29, 1.82) is 0 Å². The van der Waals surface area contributed by atoms with Gasteiger partial charge in [-0.2, -0.15) is 0 Å². The molecular weight excluding hydrogens is 170 g/mol. The molecule has 0 fully saturated rings. The Hall–Kier alpha value is -1.00. The van der Waals surface area contributed by atoms with Gasteiger partial charge in [0.25, 0.3) is 0 Å². The molecule has 0 aliphatic rings. The van der Waals surface area contributed by atoms with Crippen molar-refractivity contribution in [3.63, 3.8) is 0 Å². The molecule has 0 atom stereocenters. The largest absolute Gasteiger partial charge is 0.318 e. The summed E-state index contributed by atoms with van der Waals surface area (Å²) in [7, 11) is 0. The van der Waals surface area contributed by atoms with Crippen LogP contribution in [0.3, 0.4) is 0 Å². The number of pyridine rings is 1. The van der Waals surface area contributed by atoms with Crippen LogP contribution in [0.1, 0.15) is 11.4 Å². The zero-order valence-corrected chi connectivity index (χ0v) is 7.69. The molecule has 64 valence electrons. The number of rotatable bonds is 4. The Morgan fingerprint density at radius 3 is 3.08 bits per heavy atom. The number of hydrazine groups is 1. The maximum absolute atomic E-state index is 4.57. The lowest BCUT2D eigenvalue weighted by Gasteiger charge is -2.02. The maximum atomic E-state index is 4.57. The molecule has 4 heteroatoms. The molecule has 0 saturated carbocycles. The second-order valence-corrected chi connectivity index (χ2v) is 2.62. The van der Waals surface area contributed by atoms with E-state index in [0.717, 1.165) is 11.4 Å². The third kappa shape index (κ3) is 2.94. The Morgan fingerprint density at radius 1 is 1.58 bits per heavy atom. The minimum Gasteiger partial charge on any atom is -0.318 e. The lowest BCUT2D eigenvalue weighted by molar-refractivity contribution is 0.652. The smallest absolute Gasteiger partial charge is 0.0757 e. The third-order valence-corrected chi connectivity index (χ3v) is 1.49. The lowest BCUT2D eigenvalue weighted by Crippen LogP contribution is -2.29. The number of thiocarbonyl (C=S) groups is 1. The Balaban J connectivity index is 2.46. The second kappa shape index (κ2) is 4.79. The number of hydrogen-bond donors (Lipinski definition) is 2. The topological polar surface area (TPSA) is 37.0 Å². The Bertz CT molecular complexity index is 262. The van der Waals surface area contributed by atoms with Crippen LogP contribution in [-0.2, 0) is 6.54 Å². The van der Waals surface area contributed by atoms with Gasteiger partial charge in [0, 0.05) is 5.69 Å². The van der Waals surface area contributed by atoms with E-state index in [-0.39, 0.29) is 0 Å². The van der Waals surface area contributed by atoms with Crippen molar-refractivity contribution in [1.82, 2.24) is 15.8 Å². The molecule has 3 nitrogen and oxygen atoms in total. The van der Waals surface area contributed by atoms with Crippen molar-refractivity contribution >= 4 is 17.7 Å². The van der Waals surface area contributed by atoms with Crippen molar-refractivity contribution in [2.24, 2.45) is 0 Å². The van der Waals surface area contributed by atoms with Crippen molar-refractivity contribution < 1.29 is 0 Å². The SMILES string of the molecule is Cc1cccc(CNNC=S)n1. The molecule has 0 bridgehead atoms. The van der Waals surface area contributed by atoms with Gasteiger partial charge in [-0.25, -0.2) is 5.43 Å². The predicted octanol–water partition coefficient (Wildman–Crippen LogP) is 0.941. The molecule has 1 aromatic rings. The summed E-state index contributed by atoms with van der Waals surface area (Å²) in [6.45, 7) is 2.64. The van der Waals surface area contributed by atoms with Gasteiger partial charge in [0.05, 0.1) is 17.7 Å². The standard InChI is InChI=1S/C8H11N3S/c1-7-3-2-4-8(11-7)5-9-10-6-12/h2-4,6,9H,5H2,1H3,(H,10,12). The number of aryl methyl sites for hydroxylation is 1. The van der Waals surface area contributed by atoms with E-state index in [1.54, 1.807) is 0 Å². The summed E-state index contributed by atoms with van der Waals surface area (Å²) >= 11 is 4.57. The van der Waals surface area contributed by atoms with Crippen LogP contribution in [0.15, 0.2) is 18.2 Å². The lowest BCUT2D eigenvalue weighted by atomic mass is 10.3. The Kier molecular flexibility index (Phi) is 3.63. The molecule has 0 aliphatic heterocycles. The van der Waals surface area contributed by atoms with Gasteiger partial charge in [-0.05, 0) is 19.1 Å². The fraction of sp³-hybridized carbons (Fsp3) is 0.250. The molecule has 2 N–H and O–H groups in total. The fourth-order valence-corrected chi connectivity index (χ4v) is 0.965. The first-order valence-corrected chi connectivity index (χ1v) is 4.14. The molecule has 12 heavy (non-hydrogen) atoms. The van der Waals surface area contributed by atoms with E-state index in [4.69, 9.17) is 0 Å². The van der Waals surface area contributed by atoms with Gasteiger partial charge >= 0.3 is 0 Å². The molecule has 0 amide bonds. The van der Waals surface area contributed by atoms with Crippen LogP contribution in [0.25, 0.3) is 0 Å². The van der Waals surface area contributed by atoms with Crippen LogP contribution < -0.4 is 10.9 Å². The number of aromatic nitrogens is 1. The number of nitrogens with one attached hydrogen (secondary N) is 2. The van der Waals surface area contributed by atoms with Crippen LogP contribution >= 0.6 is 12.2 Å². The molecule has 0 aromatic carbocycles. The molecule has 0 unspecified atom stereocenters. The van der Waals surface area contributed by atoms with E-state index in [2.05, 4.69) is 28.1 Å². The zero-order valence-electron chi connectivity index (χ0n) is 6.87. The van der Waals surface area contributed by atoms with Crippen LogP contribution in [-0.4, -0.2) is 10.5 Å². The first kappa shape index (κ1) is 9.09. The van der Waals surface area contributed by atoms with E-state index in [1.807, 2.05) is 25.1 Å². The highest BCUT2D eigenvalue weighted by molar-refractivity contribution is 7.78. The van der Waals surface area contributed by atoms with Crippen LogP contribution in [0, 0.1) is 6.92 Å². The highest BCUT2D eigenvalue weighted by Gasteiger charge is 1.91. The summed E-state index contributed by atoms with van der Waals surface area (Å²) in [5, 5.41) is 0. The monoisotopic (exact) mass is 181 g/mol. The fourth-order valence-electron chi connectivity index (χ4n) is 0.881. The normalized spacial score (nSPS) is 9.42. The third-order valence-electron chi connectivity index (χ3n) is 1.38. The summed E-state index contributed by atoms with van der Waals surface area (Å²) in [5.41, 5.74) is 9.07. The van der Waals surface area contributed by atoms with Crippen LogP contribution in [0.5, 0.6) is 0 Å². The van der Waals surface area contributed by atoms with Gasteiger partial charge in [-0.3, -0.25) is 4.98 Å². The first-order chi connectivity index (χ1) is 5.83. The second-order valence-electron chi connectivity index (χ2n) is 2.39. The summed E-state index contributed by atoms with van der Waals surface area (Å²) < 4.78 is 0. The Morgan fingerprint density at radius 2 is 2.42 bits per heavy atom. The van der Waals surface area contributed by atoms with Crippen molar-refractivity contribution in [2.45, 2.75) is 13.5 Å². The summed E-state index contributed by atoms with van der Waals surface area (Å²) in [5.74, 6) is 0. The maximum Gasteiger partial charge on any atom is 0.0757 e. The van der Waals surface area contributed by atoms with E-state index in [1.165, 1.54) is 5.49 Å². The quantitative estimate of drug-likeness (QED) is 0.412. The van der Waals surface area contributed by atoms with Crippen molar-refractivity contribution in [2.75, 3.05) is 0 Å². The minimum absolute atomic E-state index is 0.675. The van der Waals surface area contributed by atoms with E-state index in [9.17, 15) is 0 Å². The van der Waals surface area contributed by atoms with Crippen LogP contribution in [0.4, 0.5) is 0 Å². The molecule has 0 saturated heterocycles. The average molecular weight is 181 g/mol. The van der Waals surface area contributed by atoms with E-state index in [0.29, 0.717) is 6.54 Å². The van der Waals surface area contributed by atoms with Gasteiger partial charge in [0.1, 0.15) is 0 Å². The van der Waals surface area contributed by atoms with E-state index < -0.39 is 0 Å². The summed E-state index contributed by atoms with van der Waals surface area (Å²) in [6, 6.07) is 5.91. The van der Waals surface area contributed by atoms with Crippen molar-refractivity contribution in [3.8, 4) is 0 Å². The van der Waals surface area contributed by atoms with Gasteiger partial charge in [0.2, 0.25) is 0 Å². The predicted molar refractivity (Wildman–Crippen MR) is 52.6 cm³/mol. The van der Waals surface area contributed by atoms with Crippen molar-refractivity contribution in [3.05, 3.63) is 29.6 Å². The van der Waals surface area contributed by atoms with Gasteiger partial charge in [0.15, 0.2) is 0 Å². The molecule has 0 spiro atoms. The minimum atomic E-state index is 0.675. The van der Waals surface area contributed by atoms with Gasteiger partial charge < -0.3 is 5.43 Å². The van der Waals surface area contributed by atoms with Crippen LogP contribution in [0.2, 0.25) is 0 Å². The Labute approximate surface area is 77.2 Å². The number of nitrogens with zero attached hydrogens (tertiary/aromatic N) is 1. The molecule has 1 aromatic heterocycles. The van der Waals surface area contributed by atoms with Gasteiger partial charge in [-0.15, -0.1) is 0 Å². The molecule has 1 rings (SSSR count). The molecule has 1 heterocycles. The highest BCUT2D eigenvalue weighted by Crippen LogP contribution is 1.96. The number of hydrogen-bond acceptors (Lipinski definition) is 3. The van der Waals surface area contributed by atoms with Gasteiger partial charge in [-0.1, -0.05) is 18.3 Å². The molecular formula is C8H11N3S. The molecule has 0 aliphatic carbocycles. The first-order valence-electron chi connectivity index (χ1n) is 3.67. The summed E-state index contributed by atoms with van der Waals surface area (Å²) in [6.07, 6.45) is 0. The zero-order chi connectivity index (χ0) is 8.81. The highest BCUT2D eigenvalue weighted by atomic mass is 32.1. The molecule has 0 radical (unpaired) electrons.